The van der Waals surface area contributed by atoms with Crippen LogP contribution in [0.1, 0.15) is 5.56 Å². The van der Waals surface area contributed by atoms with Gasteiger partial charge in [-0.1, -0.05) is 12.2 Å². The molecule has 3 N–H and O–H groups in total. The fourth-order valence-corrected chi connectivity index (χ4v) is 0.897. The van der Waals surface area contributed by atoms with Crippen LogP contribution in [-0.4, -0.2) is 16.1 Å². The molecule has 1 heterocycles. The van der Waals surface area contributed by atoms with E-state index in [1.54, 1.807) is 19.2 Å². The van der Waals surface area contributed by atoms with Crippen molar-refractivity contribution < 1.29 is 0 Å². The molecule has 0 spiro atoms. The first kappa shape index (κ1) is 9.47. The Morgan fingerprint density at radius 1 is 1.62 bits per heavy atom. The zero-order valence-electron chi connectivity index (χ0n) is 7.28. The molecule has 0 saturated carbocycles. The first-order valence-corrected chi connectivity index (χ1v) is 3.81. The third-order valence-electron chi connectivity index (χ3n) is 1.57. The van der Waals surface area contributed by atoms with Gasteiger partial charge in [0, 0.05) is 19.8 Å². The monoisotopic (exact) mass is 181 g/mol. The van der Waals surface area contributed by atoms with Crippen LogP contribution in [0.2, 0.25) is 0 Å². The average Bonchev–Trinajstić information content (AvgIpc) is 2.09. The molecule has 70 valence electrons. The highest BCUT2D eigenvalue weighted by atomic mass is 16.2. The summed E-state index contributed by atoms with van der Waals surface area (Å²) in [7, 11) is 1.57. The smallest absolute Gasteiger partial charge is 0.327 e. The molecule has 0 radical (unpaired) electrons. The summed E-state index contributed by atoms with van der Waals surface area (Å²) >= 11 is 0. The maximum absolute atomic E-state index is 11.1. The van der Waals surface area contributed by atoms with E-state index in [2.05, 4.69) is 4.98 Å². The number of H-pyrrole nitrogens is 1. The number of nitrogens with two attached hydrogens (primary N) is 1. The number of nitrogens with zero attached hydrogens (tertiary/aromatic N) is 1. The zero-order chi connectivity index (χ0) is 9.84. The minimum absolute atomic E-state index is 0.363. The van der Waals surface area contributed by atoms with Gasteiger partial charge in [-0.15, -0.1) is 0 Å². The highest BCUT2D eigenvalue weighted by molar-refractivity contribution is 5.46. The van der Waals surface area contributed by atoms with Gasteiger partial charge in [-0.05, 0) is 0 Å². The number of hydrogen-bond acceptors (Lipinski definition) is 3. The Kier molecular flexibility index (Phi) is 2.81. The van der Waals surface area contributed by atoms with Gasteiger partial charge in [0.1, 0.15) is 0 Å². The van der Waals surface area contributed by atoms with Crippen molar-refractivity contribution in [1.82, 2.24) is 9.55 Å². The van der Waals surface area contributed by atoms with E-state index in [1.165, 1.54) is 10.8 Å². The average molecular weight is 181 g/mol. The minimum Gasteiger partial charge on any atom is -0.327 e. The van der Waals surface area contributed by atoms with E-state index >= 15 is 0 Å². The van der Waals surface area contributed by atoms with Crippen LogP contribution < -0.4 is 17.0 Å². The normalized spacial score (nSPS) is 10.9. The molecule has 0 saturated heterocycles. The lowest BCUT2D eigenvalue weighted by molar-refractivity contribution is 0.796. The van der Waals surface area contributed by atoms with Gasteiger partial charge in [0.15, 0.2) is 0 Å². The predicted octanol–water partition coefficient (Wildman–Crippen LogP) is -0.954. The number of hydrogen-bond donors (Lipinski definition) is 2. The Morgan fingerprint density at radius 3 is 2.92 bits per heavy atom. The van der Waals surface area contributed by atoms with E-state index in [0.29, 0.717) is 12.1 Å². The van der Waals surface area contributed by atoms with Gasteiger partial charge in [-0.2, -0.15) is 0 Å². The molecule has 1 aromatic rings. The number of aromatic nitrogens is 2. The Bertz CT molecular complexity index is 428. The van der Waals surface area contributed by atoms with E-state index in [0.717, 1.165) is 0 Å². The molecule has 5 nitrogen and oxygen atoms in total. The van der Waals surface area contributed by atoms with E-state index in [1.807, 2.05) is 0 Å². The molecule has 0 amide bonds. The SMILES string of the molecule is Cn1cc(C=CCN)c(=O)[nH]c1=O. The van der Waals surface area contributed by atoms with Crippen LogP contribution in [0.25, 0.3) is 6.08 Å². The van der Waals surface area contributed by atoms with E-state index in [9.17, 15) is 9.59 Å². The second-order valence-electron chi connectivity index (χ2n) is 2.59. The molecule has 0 fully saturated rings. The molecule has 13 heavy (non-hydrogen) atoms. The van der Waals surface area contributed by atoms with Gasteiger partial charge >= 0.3 is 5.69 Å². The topological polar surface area (TPSA) is 80.9 Å². The summed E-state index contributed by atoms with van der Waals surface area (Å²) in [5, 5.41) is 0. The molecule has 0 bridgehead atoms. The third-order valence-corrected chi connectivity index (χ3v) is 1.57. The first-order chi connectivity index (χ1) is 6.15. The molecule has 5 heteroatoms. The van der Waals surface area contributed by atoms with Crippen molar-refractivity contribution in [1.29, 1.82) is 0 Å². The lowest BCUT2D eigenvalue weighted by Crippen LogP contribution is -2.28. The summed E-state index contributed by atoms with van der Waals surface area (Å²) in [5.74, 6) is 0. The molecule has 0 atom stereocenters. The highest BCUT2D eigenvalue weighted by Crippen LogP contribution is 1.89. The van der Waals surface area contributed by atoms with Gasteiger partial charge in [0.05, 0.1) is 5.56 Å². The molecule has 0 unspecified atom stereocenters. The van der Waals surface area contributed by atoms with Crippen molar-refractivity contribution in [2.45, 2.75) is 0 Å². The molecule has 0 aliphatic carbocycles. The lowest BCUT2D eigenvalue weighted by Gasteiger charge is -1.96. The molecule has 0 aliphatic rings. The predicted molar refractivity (Wildman–Crippen MR) is 50.4 cm³/mol. The van der Waals surface area contributed by atoms with Gasteiger partial charge in [0.25, 0.3) is 5.56 Å². The van der Waals surface area contributed by atoms with Gasteiger partial charge in [-0.25, -0.2) is 4.79 Å². The maximum Gasteiger partial charge on any atom is 0.328 e. The van der Waals surface area contributed by atoms with Crippen molar-refractivity contribution in [2.24, 2.45) is 12.8 Å². The molecule has 1 aromatic heterocycles. The van der Waals surface area contributed by atoms with Crippen LogP contribution in [0.3, 0.4) is 0 Å². The summed E-state index contributed by atoms with van der Waals surface area (Å²) in [6, 6.07) is 0. The zero-order valence-corrected chi connectivity index (χ0v) is 7.28. The molecular formula is C8H11N3O2. The first-order valence-electron chi connectivity index (χ1n) is 3.81. The van der Waals surface area contributed by atoms with Crippen LogP contribution in [0, 0.1) is 0 Å². The third kappa shape index (κ3) is 2.16. The Morgan fingerprint density at radius 2 is 2.31 bits per heavy atom. The Hall–Kier alpha value is -1.62. The van der Waals surface area contributed by atoms with E-state index < -0.39 is 11.2 Å². The largest absolute Gasteiger partial charge is 0.328 e. The van der Waals surface area contributed by atoms with Gasteiger partial charge in [0.2, 0.25) is 0 Å². The maximum atomic E-state index is 11.1. The number of nitrogens with one attached hydrogen (secondary N) is 1. The highest BCUT2D eigenvalue weighted by Gasteiger charge is 1.97. The Balaban J connectivity index is 3.24. The molecule has 0 aromatic carbocycles. The quantitative estimate of drug-likeness (QED) is 0.617. The fraction of sp³-hybridized carbons (Fsp3) is 0.250. The van der Waals surface area contributed by atoms with Crippen molar-refractivity contribution in [3.05, 3.63) is 38.7 Å². The summed E-state index contributed by atoms with van der Waals surface area (Å²) in [6.45, 7) is 0.363. The summed E-state index contributed by atoms with van der Waals surface area (Å²) < 4.78 is 1.30. The fourth-order valence-electron chi connectivity index (χ4n) is 0.897. The van der Waals surface area contributed by atoms with Gasteiger partial charge in [-0.3, -0.25) is 9.78 Å². The van der Waals surface area contributed by atoms with Crippen LogP contribution in [0.5, 0.6) is 0 Å². The molecule has 0 aliphatic heterocycles. The summed E-state index contributed by atoms with van der Waals surface area (Å²) in [5.41, 5.74) is 4.83. The van der Waals surface area contributed by atoms with E-state index in [4.69, 9.17) is 5.73 Å². The van der Waals surface area contributed by atoms with Crippen LogP contribution in [0.15, 0.2) is 21.9 Å². The Labute approximate surface area is 74.5 Å². The van der Waals surface area contributed by atoms with Crippen LogP contribution in [-0.2, 0) is 7.05 Å². The van der Waals surface area contributed by atoms with Crippen molar-refractivity contribution in [3.63, 3.8) is 0 Å². The van der Waals surface area contributed by atoms with Gasteiger partial charge < -0.3 is 10.3 Å². The molecule has 1 rings (SSSR count). The lowest BCUT2D eigenvalue weighted by atomic mass is 10.3. The summed E-state index contributed by atoms with van der Waals surface area (Å²) in [4.78, 5) is 24.2. The number of aromatic amines is 1. The van der Waals surface area contributed by atoms with Crippen molar-refractivity contribution in [3.8, 4) is 0 Å². The summed E-state index contributed by atoms with van der Waals surface area (Å²) in [6.07, 6.45) is 4.70. The van der Waals surface area contributed by atoms with Crippen molar-refractivity contribution >= 4 is 6.08 Å². The van der Waals surface area contributed by atoms with Crippen LogP contribution >= 0.6 is 0 Å². The second kappa shape index (κ2) is 3.86. The number of aryl methyl sites for hydroxylation is 1. The van der Waals surface area contributed by atoms with Crippen molar-refractivity contribution in [2.75, 3.05) is 6.54 Å². The minimum atomic E-state index is -0.421. The molecular weight excluding hydrogens is 170 g/mol. The van der Waals surface area contributed by atoms with E-state index in [-0.39, 0.29) is 0 Å². The second-order valence-corrected chi connectivity index (χ2v) is 2.59. The number of rotatable bonds is 2. The standard InChI is InChI=1S/C8H11N3O2/c1-11-5-6(3-2-4-9)7(12)10-8(11)13/h2-3,5H,4,9H2,1H3,(H,10,12,13). The van der Waals surface area contributed by atoms with Crippen LogP contribution in [0.4, 0.5) is 0 Å².